The summed E-state index contributed by atoms with van der Waals surface area (Å²) in [6.45, 7) is 1.81. The zero-order valence-corrected chi connectivity index (χ0v) is 13.8. The zero-order valence-electron chi connectivity index (χ0n) is 13.8. The van der Waals surface area contributed by atoms with Crippen molar-refractivity contribution in [1.82, 2.24) is 4.90 Å². The first-order valence-electron chi connectivity index (χ1n) is 7.98. The van der Waals surface area contributed by atoms with Crippen molar-refractivity contribution in [3.63, 3.8) is 0 Å². The smallest absolute Gasteiger partial charge is 0.492 e. The minimum Gasteiger partial charge on any atom is -0.492 e. The first kappa shape index (κ1) is 18.1. The second kappa shape index (κ2) is 7.65. The highest BCUT2D eigenvalue weighted by Gasteiger charge is 2.31. The molecule has 2 aromatic carbocycles. The van der Waals surface area contributed by atoms with E-state index in [2.05, 4.69) is 10.1 Å². The molecule has 0 unspecified atom stereocenters. The molecule has 0 atom stereocenters. The van der Waals surface area contributed by atoms with E-state index >= 15 is 0 Å². The van der Waals surface area contributed by atoms with Crippen molar-refractivity contribution >= 4 is 11.6 Å². The molecular weight excluding hydrogens is 349 g/mol. The topological polar surface area (TPSA) is 50.8 Å². The fourth-order valence-corrected chi connectivity index (χ4v) is 2.66. The number of halogens is 3. The van der Waals surface area contributed by atoms with Crippen molar-refractivity contribution in [2.45, 2.75) is 12.9 Å². The average Bonchev–Trinajstić information content (AvgIpc) is 2.77. The molecule has 1 amide bonds. The van der Waals surface area contributed by atoms with E-state index in [0.29, 0.717) is 25.4 Å². The van der Waals surface area contributed by atoms with Crippen LogP contribution in [0, 0.1) is 0 Å². The molecule has 0 aromatic heterocycles. The van der Waals surface area contributed by atoms with E-state index in [4.69, 9.17) is 4.74 Å². The first-order chi connectivity index (χ1) is 12.4. The third-order valence-electron chi connectivity index (χ3n) is 3.77. The second-order valence-electron chi connectivity index (χ2n) is 5.79. The fourth-order valence-electron chi connectivity index (χ4n) is 2.66. The molecule has 8 heteroatoms. The van der Waals surface area contributed by atoms with Gasteiger partial charge in [-0.2, -0.15) is 0 Å². The van der Waals surface area contributed by atoms with E-state index in [-0.39, 0.29) is 18.2 Å². The molecule has 0 fully saturated rings. The first-order valence-corrected chi connectivity index (χ1v) is 7.98. The van der Waals surface area contributed by atoms with Crippen molar-refractivity contribution in [3.05, 3.63) is 54.1 Å². The Morgan fingerprint density at radius 3 is 2.62 bits per heavy atom. The minimum absolute atomic E-state index is 0.151. The molecule has 0 saturated carbocycles. The molecule has 26 heavy (non-hydrogen) atoms. The van der Waals surface area contributed by atoms with Crippen molar-refractivity contribution in [2.24, 2.45) is 0 Å². The van der Waals surface area contributed by atoms with Gasteiger partial charge in [0.1, 0.15) is 18.1 Å². The largest absolute Gasteiger partial charge is 0.573 e. The van der Waals surface area contributed by atoms with Crippen LogP contribution in [0.25, 0.3) is 0 Å². The molecule has 1 N–H and O–H groups in total. The third-order valence-corrected chi connectivity index (χ3v) is 3.77. The molecule has 2 aromatic rings. The summed E-state index contributed by atoms with van der Waals surface area (Å²) in [6.07, 6.45) is -4.74. The van der Waals surface area contributed by atoms with Gasteiger partial charge in [-0.25, -0.2) is 0 Å². The van der Waals surface area contributed by atoms with Gasteiger partial charge in [0, 0.05) is 24.3 Å². The lowest BCUT2D eigenvalue weighted by molar-refractivity contribution is -0.274. The number of alkyl halides is 3. The van der Waals surface area contributed by atoms with Gasteiger partial charge in [-0.05, 0) is 30.3 Å². The van der Waals surface area contributed by atoms with E-state index in [0.717, 1.165) is 23.4 Å². The van der Waals surface area contributed by atoms with Crippen LogP contribution in [0.3, 0.4) is 0 Å². The summed E-state index contributed by atoms with van der Waals surface area (Å²) < 4.78 is 45.9. The monoisotopic (exact) mass is 366 g/mol. The summed E-state index contributed by atoms with van der Waals surface area (Å²) >= 11 is 0. The molecule has 0 aliphatic carbocycles. The number of fused-ring (bicyclic) bond motifs is 1. The molecular formula is C18H17F3N2O3. The maximum atomic E-state index is 12.2. The predicted molar refractivity (Wildman–Crippen MR) is 89.0 cm³/mol. The van der Waals surface area contributed by atoms with E-state index in [1.54, 1.807) is 0 Å². The second-order valence-corrected chi connectivity index (χ2v) is 5.79. The van der Waals surface area contributed by atoms with Crippen LogP contribution in [0.4, 0.5) is 18.9 Å². The van der Waals surface area contributed by atoms with Gasteiger partial charge in [-0.15, -0.1) is 13.2 Å². The van der Waals surface area contributed by atoms with Gasteiger partial charge in [0.25, 0.3) is 0 Å². The molecule has 5 nitrogen and oxygen atoms in total. The number of anilines is 1. The van der Waals surface area contributed by atoms with Crippen LogP contribution in [0.5, 0.6) is 11.5 Å². The Kier molecular flexibility index (Phi) is 5.32. The molecule has 1 heterocycles. The Morgan fingerprint density at radius 1 is 1.15 bits per heavy atom. The summed E-state index contributed by atoms with van der Waals surface area (Å²) in [5.41, 5.74) is 1.41. The van der Waals surface area contributed by atoms with Crippen LogP contribution in [0.2, 0.25) is 0 Å². The highest BCUT2D eigenvalue weighted by Crippen LogP contribution is 2.24. The van der Waals surface area contributed by atoms with E-state index in [1.165, 1.54) is 12.1 Å². The van der Waals surface area contributed by atoms with Gasteiger partial charge in [-0.1, -0.05) is 18.2 Å². The predicted octanol–water partition coefficient (Wildman–Crippen LogP) is 3.42. The highest BCUT2D eigenvalue weighted by molar-refractivity contribution is 5.92. The zero-order chi connectivity index (χ0) is 18.6. The van der Waals surface area contributed by atoms with Gasteiger partial charge in [-0.3, -0.25) is 9.69 Å². The number of carbonyl (C=O) groups is 1. The van der Waals surface area contributed by atoms with Crippen LogP contribution in [0.15, 0.2) is 48.5 Å². The quantitative estimate of drug-likeness (QED) is 0.901. The lowest BCUT2D eigenvalue weighted by Gasteiger charge is -2.18. The lowest BCUT2D eigenvalue weighted by Crippen LogP contribution is -2.34. The molecule has 1 aliphatic heterocycles. The normalized spacial score (nSPS) is 14.7. The Bertz CT molecular complexity index is 763. The Hall–Kier alpha value is -2.74. The van der Waals surface area contributed by atoms with Gasteiger partial charge in [0.05, 0.1) is 6.54 Å². The highest BCUT2D eigenvalue weighted by atomic mass is 19.4. The van der Waals surface area contributed by atoms with Gasteiger partial charge < -0.3 is 14.8 Å². The van der Waals surface area contributed by atoms with Gasteiger partial charge in [0.15, 0.2) is 0 Å². The third kappa shape index (κ3) is 5.13. The van der Waals surface area contributed by atoms with Crippen LogP contribution < -0.4 is 14.8 Å². The van der Waals surface area contributed by atoms with Crippen molar-refractivity contribution in [2.75, 3.05) is 25.0 Å². The summed E-state index contributed by atoms with van der Waals surface area (Å²) in [5, 5.41) is 2.67. The summed E-state index contributed by atoms with van der Waals surface area (Å²) in [5.74, 6) is 0.223. The van der Waals surface area contributed by atoms with E-state index in [1.807, 2.05) is 29.2 Å². The number of amides is 1. The van der Waals surface area contributed by atoms with Crippen LogP contribution in [0.1, 0.15) is 5.56 Å². The number of benzene rings is 2. The van der Waals surface area contributed by atoms with Crippen LogP contribution in [-0.4, -0.2) is 36.9 Å². The molecule has 0 bridgehead atoms. The molecule has 0 spiro atoms. The van der Waals surface area contributed by atoms with Crippen molar-refractivity contribution < 1.29 is 27.4 Å². The Labute approximate surface area is 148 Å². The van der Waals surface area contributed by atoms with Gasteiger partial charge in [0.2, 0.25) is 5.91 Å². The van der Waals surface area contributed by atoms with Gasteiger partial charge >= 0.3 is 6.36 Å². The Morgan fingerprint density at radius 2 is 1.88 bits per heavy atom. The molecule has 3 rings (SSSR count). The van der Waals surface area contributed by atoms with Crippen molar-refractivity contribution in [3.8, 4) is 11.5 Å². The summed E-state index contributed by atoms with van der Waals surface area (Å²) in [4.78, 5) is 14.2. The standard InChI is InChI=1S/C18H17F3N2O3/c19-18(20,21)26-15-7-5-14(6-8-15)22-17(24)12-23-9-10-25-16-4-2-1-3-13(16)11-23/h1-8H,9-12H2,(H,22,24). The van der Waals surface area contributed by atoms with Crippen molar-refractivity contribution in [1.29, 1.82) is 0 Å². The molecule has 1 aliphatic rings. The minimum atomic E-state index is -4.74. The SMILES string of the molecule is O=C(CN1CCOc2ccccc2C1)Nc1ccc(OC(F)(F)F)cc1. The number of para-hydroxylation sites is 1. The number of nitrogens with zero attached hydrogens (tertiary/aromatic N) is 1. The maximum Gasteiger partial charge on any atom is 0.573 e. The lowest BCUT2D eigenvalue weighted by atomic mass is 10.2. The number of ether oxygens (including phenoxy) is 2. The number of carbonyl (C=O) groups excluding carboxylic acids is 1. The van der Waals surface area contributed by atoms with E-state index in [9.17, 15) is 18.0 Å². The number of rotatable bonds is 4. The number of nitrogens with one attached hydrogen (secondary N) is 1. The van der Waals surface area contributed by atoms with Crippen LogP contribution >= 0.6 is 0 Å². The average molecular weight is 366 g/mol. The molecule has 138 valence electrons. The maximum absolute atomic E-state index is 12.2. The molecule has 0 saturated heterocycles. The number of hydrogen-bond donors (Lipinski definition) is 1. The Balaban J connectivity index is 1.55. The van der Waals surface area contributed by atoms with Crippen LogP contribution in [-0.2, 0) is 11.3 Å². The summed E-state index contributed by atoms with van der Waals surface area (Å²) in [7, 11) is 0. The number of hydrogen-bond acceptors (Lipinski definition) is 4. The summed E-state index contributed by atoms with van der Waals surface area (Å²) in [6, 6.07) is 12.7. The molecule has 0 radical (unpaired) electrons. The fraction of sp³-hybridized carbons (Fsp3) is 0.278. The van der Waals surface area contributed by atoms with E-state index < -0.39 is 6.36 Å².